The molecular weight excluding hydrogens is 294 g/mol. The van der Waals surface area contributed by atoms with Crippen LogP contribution in [0.1, 0.15) is 25.3 Å². The first-order chi connectivity index (χ1) is 11.0. The Morgan fingerprint density at radius 3 is 2.70 bits per heavy atom. The molecule has 2 rings (SSSR count). The third-order valence-corrected chi connectivity index (χ3v) is 4.02. The summed E-state index contributed by atoms with van der Waals surface area (Å²) < 4.78 is 0. The molecule has 0 unspecified atom stereocenters. The third-order valence-electron chi connectivity index (χ3n) is 4.02. The van der Waals surface area contributed by atoms with E-state index in [9.17, 15) is 14.4 Å². The van der Waals surface area contributed by atoms with Gasteiger partial charge in [0.2, 0.25) is 11.8 Å². The highest BCUT2D eigenvalue weighted by molar-refractivity contribution is 5.91. The van der Waals surface area contributed by atoms with Crippen LogP contribution in [0.25, 0.3) is 0 Å². The summed E-state index contributed by atoms with van der Waals surface area (Å²) in [5.74, 6) is -0.516. The number of nitrogens with one attached hydrogen (secondary N) is 1. The second-order valence-electron chi connectivity index (χ2n) is 5.92. The van der Waals surface area contributed by atoms with Crippen molar-refractivity contribution in [1.29, 1.82) is 0 Å². The van der Waals surface area contributed by atoms with Crippen molar-refractivity contribution in [2.24, 2.45) is 5.73 Å². The molecule has 1 aliphatic rings. The molecule has 1 aromatic carbocycles. The van der Waals surface area contributed by atoms with Crippen molar-refractivity contribution in [3.05, 3.63) is 35.9 Å². The van der Waals surface area contributed by atoms with Crippen molar-refractivity contribution in [3.8, 4) is 0 Å². The average Bonchev–Trinajstić information content (AvgIpc) is 3.03. The Morgan fingerprint density at radius 1 is 1.39 bits per heavy atom. The van der Waals surface area contributed by atoms with Crippen LogP contribution in [-0.4, -0.2) is 47.7 Å². The predicted octanol–water partition coefficient (Wildman–Crippen LogP) is 0.251. The monoisotopic (exact) mass is 317 g/mol. The van der Waals surface area contributed by atoms with Crippen LogP contribution in [0.5, 0.6) is 0 Å². The molecule has 6 heteroatoms. The molecule has 1 heterocycles. The lowest BCUT2D eigenvalue weighted by Crippen LogP contribution is -2.52. The first-order valence-electron chi connectivity index (χ1n) is 7.88. The zero-order valence-corrected chi connectivity index (χ0v) is 13.3. The number of nitrogens with zero attached hydrogens (tertiary/aromatic N) is 1. The number of amides is 2. The van der Waals surface area contributed by atoms with Gasteiger partial charge < -0.3 is 20.7 Å². The van der Waals surface area contributed by atoms with E-state index in [2.05, 4.69) is 5.32 Å². The van der Waals surface area contributed by atoms with Crippen LogP contribution in [0.15, 0.2) is 30.3 Å². The zero-order valence-electron chi connectivity index (χ0n) is 13.3. The van der Waals surface area contributed by atoms with Gasteiger partial charge in [0.15, 0.2) is 0 Å². The van der Waals surface area contributed by atoms with Crippen molar-refractivity contribution >= 4 is 18.1 Å². The summed E-state index contributed by atoms with van der Waals surface area (Å²) in [4.78, 5) is 37.3. The van der Waals surface area contributed by atoms with Crippen LogP contribution in [0.4, 0.5) is 0 Å². The molecule has 1 aromatic rings. The van der Waals surface area contributed by atoms with Crippen LogP contribution in [0.2, 0.25) is 0 Å². The fraction of sp³-hybridized carbons (Fsp3) is 0.471. The molecular formula is C17H23N3O3. The minimum Gasteiger partial charge on any atom is -0.344 e. The molecule has 3 N–H and O–H groups in total. The van der Waals surface area contributed by atoms with Gasteiger partial charge in [0, 0.05) is 6.54 Å². The van der Waals surface area contributed by atoms with Gasteiger partial charge in [-0.05, 0) is 31.7 Å². The van der Waals surface area contributed by atoms with Gasteiger partial charge in [-0.1, -0.05) is 30.3 Å². The molecule has 0 radical (unpaired) electrons. The molecule has 1 fully saturated rings. The Hall–Kier alpha value is -2.21. The topological polar surface area (TPSA) is 92.5 Å². The van der Waals surface area contributed by atoms with Gasteiger partial charge >= 0.3 is 0 Å². The molecule has 0 aliphatic carbocycles. The number of likely N-dealkylation sites (tertiary alicyclic amines) is 1. The van der Waals surface area contributed by atoms with Crippen LogP contribution in [0, 0.1) is 0 Å². The largest absolute Gasteiger partial charge is 0.344 e. The van der Waals surface area contributed by atoms with Crippen LogP contribution >= 0.6 is 0 Å². The summed E-state index contributed by atoms with van der Waals surface area (Å²) in [6, 6.07) is 7.72. The highest BCUT2D eigenvalue weighted by Crippen LogP contribution is 2.18. The van der Waals surface area contributed by atoms with E-state index in [0.29, 0.717) is 19.4 Å². The fourth-order valence-corrected chi connectivity index (χ4v) is 2.84. The van der Waals surface area contributed by atoms with Crippen molar-refractivity contribution in [1.82, 2.24) is 10.2 Å². The van der Waals surface area contributed by atoms with Crippen LogP contribution in [0.3, 0.4) is 0 Å². The lowest BCUT2D eigenvalue weighted by molar-refractivity contribution is -0.139. The first-order valence-corrected chi connectivity index (χ1v) is 7.88. The van der Waals surface area contributed by atoms with Gasteiger partial charge in [0.25, 0.3) is 0 Å². The number of benzene rings is 1. The number of aldehydes is 1. The van der Waals surface area contributed by atoms with Crippen molar-refractivity contribution in [2.75, 3.05) is 6.54 Å². The maximum absolute atomic E-state index is 12.4. The smallest absolute Gasteiger partial charge is 0.243 e. The molecule has 2 amide bonds. The molecule has 6 nitrogen and oxygen atoms in total. The first kappa shape index (κ1) is 17.1. The standard InChI is InChI=1S/C17H23N3O3/c1-12(18)17(23)20-9-5-8-15(20)16(22)19-14(11-21)10-13-6-3-2-4-7-13/h2-4,6-7,11-12,14-15H,5,8-10,18H2,1H3,(H,19,22)/t12-,14-,15-/m0/s1. The van der Waals surface area contributed by atoms with E-state index >= 15 is 0 Å². The summed E-state index contributed by atoms with van der Waals surface area (Å²) in [6.45, 7) is 2.14. The Kier molecular flexibility index (Phi) is 5.87. The van der Waals surface area contributed by atoms with Crippen molar-refractivity contribution < 1.29 is 14.4 Å². The Morgan fingerprint density at radius 2 is 2.09 bits per heavy atom. The van der Waals surface area contributed by atoms with Gasteiger partial charge in [0.1, 0.15) is 12.3 Å². The van der Waals surface area contributed by atoms with Gasteiger partial charge in [-0.15, -0.1) is 0 Å². The summed E-state index contributed by atoms with van der Waals surface area (Å²) in [7, 11) is 0. The number of hydrogen-bond donors (Lipinski definition) is 2. The van der Waals surface area contributed by atoms with E-state index in [-0.39, 0.29) is 11.8 Å². The zero-order chi connectivity index (χ0) is 16.8. The number of carbonyl (C=O) groups excluding carboxylic acids is 3. The molecule has 0 saturated carbocycles. The minimum absolute atomic E-state index is 0.228. The van der Waals surface area contributed by atoms with E-state index in [4.69, 9.17) is 5.73 Å². The molecule has 3 atom stereocenters. The minimum atomic E-state index is -0.630. The Bertz CT molecular complexity index is 559. The van der Waals surface area contributed by atoms with Crippen LogP contribution < -0.4 is 11.1 Å². The number of nitrogens with two attached hydrogens (primary N) is 1. The fourth-order valence-electron chi connectivity index (χ4n) is 2.84. The van der Waals surface area contributed by atoms with Crippen LogP contribution in [-0.2, 0) is 20.8 Å². The molecule has 1 aliphatic heterocycles. The molecule has 0 aromatic heterocycles. The second-order valence-corrected chi connectivity index (χ2v) is 5.92. The molecule has 23 heavy (non-hydrogen) atoms. The van der Waals surface area contributed by atoms with E-state index in [1.165, 1.54) is 4.90 Å². The molecule has 124 valence electrons. The SMILES string of the molecule is C[C@H](N)C(=O)N1CCC[C@H]1C(=O)N[C@H](C=O)Cc1ccccc1. The second kappa shape index (κ2) is 7.87. The third kappa shape index (κ3) is 4.39. The maximum Gasteiger partial charge on any atom is 0.243 e. The summed E-state index contributed by atoms with van der Waals surface area (Å²) in [5, 5.41) is 2.74. The summed E-state index contributed by atoms with van der Waals surface area (Å²) in [6.07, 6.45) is 2.53. The maximum atomic E-state index is 12.4. The van der Waals surface area contributed by atoms with Gasteiger partial charge in [-0.3, -0.25) is 9.59 Å². The molecule has 0 spiro atoms. The summed E-state index contributed by atoms with van der Waals surface area (Å²) >= 11 is 0. The van der Waals surface area contributed by atoms with Gasteiger partial charge in [0.05, 0.1) is 12.1 Å². The average molecular weight is 317 g/mol. The van der Waals surface area contributed by atoms with Crippen molar-refractivity contribution in [3.63, 3.8) is 0 Å². The Labute approximate surface area is 136 Å². The van der Waals surface area contributed by atoms with E-state index < -0.39 is 18.1 Å². The van der Waals surface area contributed by atoms with E-state index in [0.717, 1.165) is 18.3 Å². The van der Waals surface area contributed by atoms with Gasteiger partial charge in [-0.2, -0.15) is 0 Å². The predicted molar refractivity (Wildman–Crippen MR) is 86.5 cm³/mol. The lowest BCUT2D eigenvalue weighted by Gasteiger charge is -2.26. The highest BCUT2D eigenvalue weighted by atomic mass is 16.2. The van der Waals surface area contributed by atoms with Gasteiger partial charge in [-0.25, -0.2) is 0 Å². The van der Waals surface area contributed by atoms with E-state index in [1.54, 1.807) is 6.92 Å². The summed E-state index contributed by atoms with van der Waals surface area (Å²) in [5.41, 5.74) is 6.60. The number of carbonyl (C=O) groups is 3. The molecule has 1 saturated heterocycles. The Balaban J connectivity index is 1.98. The molecule has 0 bridgehead atoms. The highest BCUT2D eigenvalue weighted by Gasteiger charge is 2.35. The van der Waals surface area contributed by atoms with Crippen molar-refractivity contribution in [2.45, 2.75) is 44.3 Å². The lowest BCUT2D eigenvalue weighted by atomic mass is 10.1. The van der Waals surface area contributed by atoms with E-state index in [1.807, 2.05) is 30.3 Å². The quantitative estimate of drug-likeness (QED) is 0.736. The number of rotatable bonds is 6. The normalized spacial score (nSPS) is 19.9. The number of hydrogen-bond acceptors (Lipinski definition) is 4.